The minimum absolute atomic E-state index is 0.0224. The van der Waals surface area contributed by atoms with Crippen molar-refractivity contribution in [3.05, 3.63) is 47.2 Å². The van der Waals surface area contributed by atoms with Crippen molar-refractivity contribution in [2.75, 3.05) is 16.8 Å². The molecule has 192 valence electrons. The Morgan fingerprint density at radius 2 is 1.86 bits per heavy atom. The van der Waals surface area contributed by atoms with Crippen molar-refractivity contribution < 1.29 is 19.5 Å². The highest BCUT2D eigenvalue weighted by atomic mass is 16.4. The van der Waals surface area contributed by atoms with E-state index in [0.717, 1.165) is 35.8 Å². The van der Waals surface area contributed by atoms with Gasteiger partial charge in [-0.15, -0.1) is 5.10 Å². The van der Waals surface area contributed by atoms with Gasteiger partial charge < -0.3 is 26.9 Å². The summed E-state index contributed by atoms with van der Waals surface area (Å²) in [5.41, 5.74) is 14.5. The van der Waals surface area contributed by atoms with Gasteiger partial charge in [0.25, 0.3) is 11.9 Å². The summed E-state index contributed by atoms with van der Waals surface area (Å²) in [7, 11) is 0. The van der Waals surface area contributed by atoms with Crippen LogP contribution in [0.15, 0.2) is 30.5 Å². The van der Waals surface area contributed by atoms with Gasteiger partial charge in [-0.1, -0.05) is 17.2 Å². The minimum Gasteiger partial charge on any atom is -0.480 e. The Kier molecular flexibility index (Phi) is 7.51. The molecule has 0 saturated heterocycles. The number of aliphatic carboxylic acids is 1. The molecule has 15 nitrogen and oxygen atoms in total. The van der Waals surface area contributed by atoms with Gasteiger partial charge in [-0.2, -0.15) is 15.2 Å². The lowest BCUT2D eigenvalue weighted by molar-refractivity contribution is -0.139. The third-order valence-corrected chi connectivity index (χ3v) is 5.65. The van der Waals surface area contributed by atoms with E-state index in [1.54, 1.807) is 12.1 Å². The number of benzene rings is 1. The Morgan fingerprint density at radius 1 is 1.08 bits per heavy atom. The lowest BCUT2D eigenvalue weighted by Crippen LogP contribution is -2.41. The number of nitrogens with zero attached hydrogens (tertiary/aromatic N) is 5. The van der Waals surface area contributed by atoms with Gasteiger partial charge in [-0.05, 0) is 54.2 Å². The van der Waals surface area contributed by atoms with E-state index >= 15 is 0 Å². The van der Waals surface area contributed by atoms with Crippen molar-refractivity contribution in [3.8, 4) is 0 Å². The molecule has 37 heavy (non-hydrogen) atoms. The summed E-state index contributed by atoms with van der Waals surface area (Å²) in [5.74, 6) is -1.87. The molecule has 4 rings (SSSR count). The van der Waals surface area contributed by atoms with Gasteiger partial charge in [0.15, 0.2) is 0 Å². The van der Waals surface area contributed by atoms with Crippen molar-refractivity contribution in [2.24, 2.45) is 0 Å². The number of aryl methyl sites for hydroxylation is 2. The Morgan fingerprint density at radius 3 is 2.57 bits per heavy atom. The number of carboxylic acids is 1. The van der Waals surface area contributed by atoms with Crippen LogP contribution in [0.25, 0.3) is 11.0 Å². The van der Waals surface area contributed by atoms with E-state index in [1.165, 1.54) is 0 Å². The second-order valence-corrected chi connectivity index (χ2v) is 8.24. The van der Waals surface area contributed by atoms with Crippen LogP contribution in [0.2, 0.25) is 0 Å². The lowest BCUT2D eigenvalue weighted by atomic mass is 10.0. The highest BCUT2D eigenvalue weighted by molar-refractivity contribution is 5.97. The van der Waals surface area contributed by atoms with Gasteiger partial charge in [-0.25, -0.2) is 4.79 Å². The standard InChI is InChI=1S/C22H25N11O4/c23-17-16-13(10-25-18(16)29-21(24)28-17)3-1-2-11-4-6-12(7-5-11)19(35)26-14(20(36)37)8-9-15(34)27-22-30-32-33-31-22/h4-7,10,14H,1-3,8-9H2,(H,26,35)(H,36,37)(H5,23,24,25,28,29)(H2,27,30,31,32,33,34)/t14-/m0/s1. The fourth-order valence-corrected chi connectivity index (χ4v) is 3.82. The molecule has 9 N–H and O–H groups in total. The first-order valence-corrected chi connectivity index (χ1v) is 11.3. The molecule has 3 aromatic heterocycles. The molecule has 3 heterocycles. The summed E-state index contributed by atoms with van der Waals surface area (Å²) >= 11 is 0. The van der Waals surface area contributed by atoms with Crippen LogP contribution in [0.5, 0.6) is 0 Å². The van der Waals surface area contributed by atoms with Crippen LogP contribution < -0.4 is 22.1 Å². The van der Waals surface area contributed by atoms with Crippen LogP contribution in [-0.4, -0.2) is 64.5 Å². The number of carbonyl (C=O) groups is 3. The van der Waals surface area contributed by atoms with Crippen LogP contribution in [0, 0.1) is 0 Å². The SMILES string of the molecule is Nc1nc(N)c2c(CCCc3ccc(C(=O)N[C@@H](CCC(=O)Nc4nn[nH]n4)C(=O)O)cc3)c[nH]c2n1. The number of carboxylic acid groups (broad SMARTS) is 1. The molecule has 0 fully saturated rings. The maximum atomic E-state index is 12.6. The lowest BCUT2D eigenvalue weighted by Gasteiger charge is -2.14. The van der Waals surface area contributed by atoms with E-state index in [9.17, 15) is 19.5 Å². The third kappa shape index (κ3) is 6.33. The van der Waals surface area contributed by atoms with Crippen molar-refractivity contribution in [3.63, 3.8) is 0 Å². The van der Waals surface area contributed by atoms with E-state index in [1.807, 2.05) is 18.3 Å². The number of hydrogen-bond donors (Lipinski definition) is 7. The largest absolute Gasteiger partial charge is 0.480 e. The second-order valence-electron chi connectivity index (χ2n) is 8.24. The van der Waals surface area contributed by atoms with Crippen LogP contribution in [0.1, 0.15) is 40.7 Å². The van der Waals surface area contributed by atoms with Crippen molar-refractivity contribution in [2.45, 2.75) is 38.1 Å². The first-order chi connectivity index (χ1) is 17.8. The van der Waals surface area contributed by atoms with Gasteiger partial charge >= 0.3 is 5.97 Å². The Labute approximate surface area is 209 Å². The van der Waals surface area contributed by atoms with Crippen LogP contribution in [0.3, 0.4) is 0 Å². The van der Waals surface area contributed by atoms with Gasteiger partial charge in [0.1, 0.15) is 17.5 Å². The zero-order chi connectivity index (χ0) is 26.4. The summed E-state index contributed by atoms with van der Waals surface area (Å²) in [5, 5.41) is 27.7. The zero-order valence-electron chi connectivity index (χ0n) is 19.6. The molecular formula is C22H25N11O4. The minimum atomic E-state index is -1.25. The average molecular weight is 508 g/mol. The number of hydrogen-bond acceptors (Lipinski definition) is 10. The summed E-state index contributed by atoms with van der Waals surface area (Å²) < 4.78 is 0. The predicted molar refractivity (Wildman–Crippen MR) is 132 cm³/mol. The van der Waals surface area contributed by atoms with E-state index in [2.05, 4.69) is 46.2 Å². The zero-order valence-corrected chi connectivity index (χ0v) is 19.6. The van der Waals surface area contributed by atoms with Crippen LogP contribution in [0.4, 0.5) is 17.7 Å². The quantitative estimate of drug-likeness (QED) is 0.146. The number of fused-ring (bicyclic) bond motifs is 1. The van der Waals surface area contributed by atoms with E-state index in [4.69, 9.17) is 11.5 Å². The number of amides is 2. The normalized spacial score (nSPS) is 11.8. The maximum absolute atomic E-state index is 12.6. The molecule has 0 spiro atoms. The van der Waals surface area contributed by atoms with Gasteiger partial charge in [0.05, 0.1) is 5.39 Å². The van der Waals surface area contributed by atoms with Crippen molar-refractivity contribution >= 4 is 46.5 Å². The highest BCUT2D eigenvalue weighted by Gasteiger charge is 2.22. The predicted octanol–water partition coefficient (Wildman–Crippen LogP) is 0.413. The smallest absolute Gasteiger partial charge is 0.326 e. The van der Waals surface area contributed by atoms with Gasteiger partial charge in [0.2, 0.25) is 11.9 Å². The third-order valence-electron chi connectivity index (χ3n) is 5.65. The fourth-order valence-electron chi connectivity index (χ4n) is 3.82. The number of nitrogen functional groups attached to an aromatic ring is 2. The second kappa shape index (κ2) is 11.1. The molecule has 15 heteroatoms. The number of tetrazole rings is 1. The molecule has 0 bridgehead atoms. The molecular weight excluding hydrogens is 482 g/mol. The van der Waals surface area contributed by atoms with Crippen LogP contribution >= 0.6 is 0 Å². The molecule has 0 aliphatic rings. The summed E-state index contributed by atoms with van der Waals surface area (Å²) in [6.45, 7) is 0. The van der Waals surface area contributed by atoms with Gasteiger partial charge in [-0.3, -0.25) is 14.9 Å². The fraction of sp³-hybridized carbons (Fsp3) is 0.273. The number of nitrogens with one attached hydrogen (secondary N) is 4. The first-order valence-electron chi connectivity index (χ1n) is 11.3. The Bertz CT molecular complexity index is 1400. The van der Waals surface area contributed by atoms with Crippen molar-refractivity contribution in [1.82, 2.24) is 40.9 Å². The number of nitrogens with two attached hydrogens (primary N) is 2. The van der Waals surface area contributed by atoms with E-state index < -0.39 is 23.8 Å². The van der Waals surface area contributed by atoms with Gasteiger partial charge in [0, 0.05) is 18.2 Å². The number of carbonyl (C=O) groups excluding carboxylic acids is 2. The summed E-state index contributed by atoms with van der Waals surface area (Å²) in [4.78, 5) is 47.3. The molecule has 0 radical (unpaired) electrons. The number of aromatic nitrogens is 7. The number of aromatic amines is 2. The van der Waals surface area contributed by atoms with Crippen LogP contribution in [-0.2, 0) is 22.4 Å². The Hall–Kier alpha value is -5.08. The molecule has 0 unspecified atom stereocenters. The first kappa shape index (κ1) is 25.0. The van der Waals surface area contributed by atoms with Crippen molar-refractivity contribution in [1.29, 1.82) is 0 Å². The topological polar surface area (TPSA) is 244 Å². The molecule has 0 saturated carbocycles. The van der Waals surface area contributed by atoms with E-state index in [0.29, 0.717) is 17.0 Å². The molecule has 0 aliphatic heterocycles. The molecule has 1 aromatic carbocycles. The summed E-state index contributed by atoms with van der Waals surface area (Å²) in [6.07, 6.45) is 3.87. The summed E-state index contributed by atoms with van der Waals surface area (Å²) in [6, 6.07) is 5.65. The monoisotopic (exact) mass is 507 g/mol. The molecule has 0 aliphatic carbocycles. The number of anilines is 3. The highest BCUT2D eigenvalue weighted by Crippen LogP contribution is 2.24. The average Bonchev–Trinajstić information content (AvgIpc) is 3.52. The number of H-pyrrole nitrogens is 2. The molecule has 4 aromatic rings. The number of rotatable bonds is 11. The molecule has 2 amide bonds. The van der Waals surface area contributed by atoms with E-state index in [-0.39, 0.29) is 24.7 Å². The Balaban J connectivity index is 1.27. The maximum Gasteiger partial charge on any atom is 0.326 e. The molecule has 1 atom stereocenters.